The van der Waals surface area contributed by atoms with Crippen molar-refractivity contribution in [3.8, 4) is 0 Å². The summed E-state index contributed by atoms with van der Waals surface area (Å²) in [5, 5.41) is 15.4. The Kier molecular flexibility index (Phi) is 7.20. The Bertz CT molecular complexity index is 225. The van der Waals surface area contributed by atoms with Crippen LogP contribution in [0.5, 0.6) is 0 Å². The summed E-state index contributed by atoms with van der Waals surface area (Å²) >= 11 is 0. The number of carboxylic acid groups (broad SMARTS) is 2. The molecule has 0 saturated carbocycles. The third-order valence-corrected chi connectivity index (χ3v) is 0.752. The van der Waals surface area contributed by atoms with Gasteiger partial charge in [-0.3, -0.25) is 14.4 Å². The molecule has 0 aromatic heterocycles. The second-order valence-electron chi connectivity index (χ2n) is 3.67. The molecular weight excluding hydrogens is 204 g/mol. The average molecular weight is 220 g/mol. The number of hydrogen-bond donors (Lipinski definition) is 2. The number of rotatable bonds is 2. The molecule has 15 heavy (non-hydrogen) atoms. The van der Waals surface area contributed by atoms with Crippen LogP contribution in [0.25, 0.3) is 0 Å². The lowest BCUT2D eigenvalue weighted by molar-refractivity contribution is -0.152. The van der Waals surface area contributed by atoms with E-state index in [1.807, 2.05) is 20.8 Å². The molecule has 0 aliphatic rings. The maximum Gasteiger partial charge on any atom is 0.314 e. The lowest BCUT2D eigenvalue weighted by atomic mass is 10.2. The molecule has 0 bridgehead atoms. The molecule has 0 heterocycles. The van der Waals surface area contributed by atoms with Crippen molar-refractivity contribution < 1.29 is 29.3 Å². The highest BCUT2D eigenvalue weighted by Crippen LogP contribution is 2.05. The van der Waals surface area contributed by atoms with Crippen LogP contribution in [0.2, 0.25) is 0 Å². The molecule has 0 radical (unpaired) electrons. The monoisotopic (exact) mass is 220 g/mol. The van der Waals surface area contributed by atoms with Gasteiger partial charge in [0, 0.05) is 6.92 Å². The maximum absolute atomic E-state index is 10.2. The van der Waals surface area contributed by atoms with Crippen LogP contribution in [-0.4, -0.2) is 33.7 Å². The molecule has 0 aromatic rings. The van der Waals surface area contributed by atoms with Crippen LogP contribution in [0.3, 0.4) is 0 Å². The van der Waals surface area contributed by atoms with Crippen LogP contribution in [0, 0.1) is 0 Å². The van der Waals surface area contributed by atoms with Gasteiger partial charge in [0.25, 0.3) is 0 Å². The fourth-order valence-corrected chi connectivity index (χ4v) is 0.561. The number of esters is 1. The molecule has 2 N–H and O–H groups in total. The second kappa shape index (κ2) is 6.80. The van der Waals surface area contributed by atoms with Gasteiger partial charge in [-0.2, -0.15) is 0 Å². The van der Waals surface area contributed by atoms with Crippen LogP contribution >= 0.6 is 0 Å². The van der Waals surface area contributed by atoms with Gasteiger partial charge >= 0.3 is 17.9 Å². The number of carbonyl (C=O) groups excluding carboxylic acids is 1. The van der Waals surface area contributed by atoms with Crippen LogP contribution in [-0.2, 0) is 19.1 Å². The van der Waals surface area contributed by atoms with E-state index in [0.29, 0.717) is 0 Å². The number of aliphatic carboxylic acids is 2. The fourth-order valence-electron chi connectivity index (χ4n) is 0.561. The molecule has 6 nitrogen and oxygen atoms in total. The summed E-state index contributed by atoms with van der Waals surface area (Å²) in [5.41, 5.74) is -0.328. The summed E-state index contributed by atoms with van der Waals surface area (Å²) in [6, 6.07) is 0. The van der Waals surface area contributed by atoms with Gasteiger partial charge in [-0.25, -0.2) is 0 Å². The van der Waals surface area contributed by atoms with Crippen molar-refractivity contribution in [1.29, 1.82) is 0 Å². The molecule has 0 saturated heterocycles. The average Bonchev–Trinajstić information content (AvgIpc) is 1.76. The first kappa shape index (κ1) is 15.9. The number of carbonyl (C=O) groups is 3. The highest BCUT2D eigenvalue weighted by Gasteiger charge is 2.11. The Morgan fingerprint density at radius 1 is 1.07 bits per heavy atom. The van der Waals surface area contributed by atoms with Gasteiger partial charge in [-0.05, 0) is 20.8 Å². The van der Waals surface area contributed by atoms with Gasteiger partial charge in [0.2, 0.25) is 0 Å². The largest absolute Gasteiger partial charge is 0.481 e. The third-order valence-electron chi connectivity index (χ3n) is 0.752. The Hall–Kier alpha value is -1.59. The zero-order chi connectivity index (χ0) is 12.6. The van der Waals surface area contributed by atoms with E-state index in [1.54, 1.807) is 0 Å². The summed E-state index contributed by atoms with van der Waals surface area (Å²) in [6.45, 7) is 6.93. The van der Waals surface area contributed by atoms with E-state index >= 15 is 0 Å². The smallest absolute Gasteiger partial charge is 0.314 e. The van der Waals surface area contributed by atoms with E-state index in [4.69, 9.17) is 14.9 Å². The zero-order valence-corrected chi connectivity index (χ0v) is 9.23. The summed E-state index contributed by atoms with van der Waals surface area (Å²) in [6.07, 6.45) is -0.806. The summed E-state index contributed by atoms with van der Waals surface area (Å²) < 4.78 is 4.80. The van der Waals surface area contributed by atoms with Crippen LogP contribution < -0.4 is 0 Å². The summed E-state index contributed by atoms with van der Waals surface area (Å²) in [7, 11) is 0. The van der Waals surface area contributed by atoms with Gasteiger partial charge in [0.05, 0.1) is 0 Å². The van der Waals surface area contributed by atoms with Gasteiger partial charge in [0.1, 0.15) is 12.0 Å². The highest BCUT2D eigenvalue weighted by atomic mass is 16.6. The SMILES string of the molecule is CC(=O)OC(C)(C)C.O=C(O)CC(=O)O. The fraction of sp³-hybridized carbons (Fsp3) is 0.667. The van der Waals surface area contributed by atoms with Gasteiger partial charge in [-0.1, -0.05) is 0 Å². The Labute approximate surface area is 87.9 Å². The van der Waals surface area contributed by atoms with Crippen LogP contribution in [0.4, 0.5) is 0 Å². The van der Waals surface area contributed by atoms with Crippen molar-refractivity contribution in [2.75, 3.05) is 0 Å². The molecule has 0 fully saturated rings. The maximum atomic E-state index is 10.2. The van der Waals surface area contributed by atoms with E-state index in [2.05, 4.69) is 0 Å². The summed E-state index contributed by atoms with van der Waals surface area (Å²) in [4.78, 5) is 29.1. The zero-order valence-electron chi connectivity index (χ0n) is 9.23. The van der Waals surface area contributed by atoms with Crippen LogP contribution in [0.1, 0.15) is 34.1 Å². The van der Waals surface area contributed by atoms with Crippen molar-refractivity contribution in [3.05, 3.63) is 0 Å². The van der Waals surface area contributed by atoms with Crippen molar-refractivity contribution in [3.63, 3.8) is 0 Å². The van der Waals surface area contributed by atoms with Gasteiger partial charge in [-0.15, -0.1) is 0 Å². The summed E-state index contributed by atoms with van der Waals surface area (Å²) in [5.74, 6) is -2.85. The molecule has 0 unspecified atom stereocenters. The van der Waals surface area contributed by atoms with Crippen LogP contribution in [0.15, 0.2) is 0 Å². The standard InChI is InChI=1S/C6H12O2.C3H4O4/c1-5(7)8-6(2,3)4;4-2(5)1-3(6)7/h1-4H3;1H2,(H,4,5)(H,6,7). The van der Waals surface area contributed by atoms with Crippen molar-refractivity contribution >= 4 is 17.9 Å². The number of ether oxygens (including phenoxy) is 1. The minimum Gasteiger partial charge on any atom is -0.481 e. The number of hydrogen-bond acceptors (Lipinski definition) is 4. The first-order valence-electron chi connectivity index (χ1n) is 4.17. The molecule has 0 aliphatic heterocycles. The molecule has 0 aliphatic carbocycles. The molecule has 0 amide bonds. The lowest BCUT2D eigenvalue weighted by Crippen LogP contribution is -2.21. The molecule has 0 aromatic carbocycles. The molecule has 0 spiro atoms. The first-order chi connectivity index (χ1) is 6.54. The Balaban J connectivity index is 0. The number of carboxylic acids is 2. The first-order valence-corrected chi connectivity index (χ1v) is 4.17. The second-order valence-corrected chi connectivity index (χ2v) is 3.67. The Morgan fingerprint density at radius 2 is 1.40 bits per heavy atom. The molecule has 88 valence electrons. The highest BCUT2D eigenvalue weighted by molar-refractivity contribution is 5.88. The van der Waals surface area contributed by atoms with E-state index in [9.17, 15) is 14.4 Å². The van der Waals surface area contributed by atoms with E-state index < -0.39 is 18.4 Å². The predicted octanol–water partition coefficient (Wildman–Crippen LogP) is 0.894. The van der Waals surface area contributed by atoms with Crippen molar-refractivity contribution in [2.24, 2.45) is 0 Å². The quantitative estimate of drug-likeness (QED) is 0.529. The minimum atomic E-state index is -1.31. The third kappa shape index (κ3) is 24.5. The van der Waals surface area contributed by atoms with Gasteiger partial charge < -0.3 is 14.9 Å². The van der Waals surface area contributed by atoms with E-state index in [0.717, 1.165) is 0 Å². The lowest BCUT2D eigenvalue weighted by Gasteiger charge is -2.17. The van der Waals surface area contributed by atoms with E-state index in [1.165, 1.54) is 6.92 Å². The Morgan fingerprint density at radius 3 is 1.40 bits per heavy atom. The topological polar surface area (TPSA) is 101 Å². The van der Waals surface area contributed by atoms with E-state index in [-0.39, 0.29) is 11.6 Å². The molecule has 6 heteroatoms. The molecule has 0 rings (SSSR count). The van der Waals surface area contributed by atoms with Gasteiger partial charge in [0.15, 0.2) is 0 Å². The van der Waals surface area contributed by atoms with Crippen molar-refractivity contribution in [1.82, 2.24) is 0 Å². The predicted molar refractivity (Wildman–Crippen MR) is 51.4 cm³/mol. The normalized spacial score (nSPS) is 9.60. The van der Waals surface area contributed by atoms with Crippen molar-refractivity contribution in [2.45, 2.75) is 39.7 Å². The molecular formula is C9H16O6. The minimum absolute atomic E-state index is 0.225. The molecule has 0 atom stereocenters.